The highest BCUT2D eigenvalue weighted by atomic mass is 15.2. The highest BCUT2D eigenvalue weighted by Crippen LogP contribution is 2.24. The predicted molar refractivity (Wildman–Crippen MR) is 93.5 cm³/mol. The first-order chi connectivity index (χ1) is 10.8. The predicted octanol–water partition coefficient (Wildman–Crippen LogP) is 4.58. The van der Waals surface area contributed by atoms with E-state index in [0.717, 1.165) is 12.1 Å². The van der Waals surface area contributed by atoms with E-state index in [4.69, 9.17) is 0 Å². The Labute approximate surface area is 132 Å². The minimum atomic E-state index is 1.05. The van der Waals surface area contributed by atoms with Crippen LogP contribution in [0.2, 0.25) is 0 Å². The van der Waals surface area contributed by atoms with Crippen LogP contribution in [0.5, 0.6) is 0 Å². The number of hydrogen-bond donors (Lipinski definition) is 0. The van der Waals surface area contributed by atoms with Crippen molar-refractivity contribution in [3.63, 3.8) is 0 Å². The molecular weight excluding hydrogens is 268 g/mol. The Bertz CT molecular complexity index is 794. The van der Waals surface area contributed by atoms with Crippen LogP contribution in [-0.4, -0.2) is 4.57 Å². The summed E-state index contributed by atoms with van der Waals surface area (Å²) in [5.74, 6) is 1.27. The van der Waals surface area contributed by atoms with E-state index in [-0.39, 0.29) is 0 Å². The average molecular weight is 291 g/mol. The monoisotopic (exact) mass is 291 g/mol. The van der Waals surface area contributed by atoms with Crippen LogP contribution in [0.3, 0.4) is 0 Å². The fraction of sp³-hybridized carbons (Fsp3) is 0.250. The van der Waals surface area contributed by atoms with Crippen LogP contribution in [-0.2, 0) is 13.6 Å². The molecule has 22 heavy (non-hydrogen) atoms. The van der Waals surface area contributed by atoms with Gasteiger partial charge < -0.3 is 0 Å². The minimum Gasteiger partial charge on any atom is -0.226 e. The number of unbranched alkanes of at least 4 members (excludes halogenated alkanes) is 1. The van der Waals surface area contributed by atoms with Crippen LogP contribution < -0.4 is 4.57 Å². The van der Waals surface area contributed by atoms with Gasteiger partial charge >= 0.3 is 0 Å². The third-order valence-electron chi connectivity index (χ3n) is 4.25. The molecule has 0 aliphatic rings. The van der Waals surface area contributed by atoms with Crippen LogP contribution in [0, 0.1) is 0 Å². The van der Waals surface area contributed by atoms with Gasteiger partial charge in [-0.05, 0) is 36.2 Å². The molecule has 0 fully saturated rings. The van der Waals surface area contributed by atoms with E-state index in [1.165, 1.54) is 35.3 Å². The van der Waals surface area contributed by atoms with Crippen LogP contribution >= 0.6 is 0 Å². The first-order valence-corrected chi connectivity index (χ1v) is 7.96. The molecule has 0 radical (unpaired) electrons. The van der Waals surface area contributed by atoms with Gasteiger partial charge in [0.15, 0.2) is 11.0 Å². The smallest absolute Gasteiger partial charge is 0.226 e. The van der Waals surface area contributed by atoms with Crippen molar-refractivity contribution in [3.8, 4) is 11.4 Å². The number of nitrogens with zero attached hydrogens (tertiary/aromatic N) is 2. The summed E-state index contributed by atoms with van der Waals surface area (Å²) in [4.78, 5) is 0. The van der Waals surface area contributed by atoms with Gasteiger partial charge in [0.2, 0.25) is 0 Å². The molecule has 0 amide bonds. The zero-order valence-electron chi connectivity index (χ0n) is 13.4. The molecule has 3 rings (SSSR count). The highest BCUT2D eigenvalue weighted by Gasteiger charge is 2.23. The summed E-state index contributed by atoms with van der Waals surface area (Å²) >= 11 is 0. The van der Waals surface area contributed by atoms with E-state index in [2.05, 4.69) is 78.2 Å². The second-order valence-corrected chi connectivity index (χ2v) is 5.70. The molecule has 0 atom stereocenters. The Balaban J connectivity index is 2.21. The Kier molecular flexibility index (Phi) is 4.10. The standard InChI is InChI=1S/C20H23N2/c1-4-6-15-22-19-10-8-7-9-18(19)21(3)20(22)17-13-11-16(5-2)12-14-17/h5,7-14H,2,4,6,15H2,1,3H3/q+1. The van der Waals surface area contributed by atoms with Gasteiger partial charge in [0.25, 0.3) is 5.82 Å². The maximum absolute atomic E-state index is 3.83. The van der Waals surface area contributed by atoms with Crippen LogP contribution in [0.25, 0.3) is 28.5 Å². The lowest BCUT2D eigenvalue weighted by Crippen LogP contribution is -2.30. The zero-order chi connectivity index (χ0) is 15.5. The molecule has 0 unspecified atom stereocenters. The van der Waals surface area contributed by atoms with E-state index < -0.39 is 0 Å². The topological polar surface area (TPSA) is 8.81 Å². The lowest BCUT2D eigenvalue weighted by atomic mass is 10.1. The van der Waals surface area contributed by atoms with E-state index >= 15 is 0 Å². The third kappa shape index (κ3) is 2.45. The summed E-state index contributed by atoms with van der Waals surface area (Å²) in [6.07, 6.45) is 4.28. The number of rotatable bonds is 5. The van der Waals surface area contributed by atoms with Gasteiger partial charge in [-0.3, -0.25) is 0 Å². The van der Waals surface area contributed by atoms with E-state index in [1.54, 1.807) is 0 Å². The molecule has 2 heteroatoms. The van der Waals surface area contributed by atoms with Gasteiger partial charge in [-0.15, -0.1) is 0 Å². The SMILES string of the molecule is C=Cc1ccc(-c2n(CCCC)c3ccccc3[n+]2C)cc1. The summed E-state index contributed by atoms with van der Waals surface area (Å²) in [6.45, 7) is 7.13. The van der Waals surface area contributed by atoms with Gasteiger partial charge in [-0.25, -0.2) is 9.13 Å². The fourth-order valence-electron chi connectivity index (χ4n) is 3.05. The number of aromatic nitrogens is 2. The van der Waals surface area contributed by atoms with Gasteiger partial charge in [-0.2, -0.15) is 0 Å². The van der Waals surface area contributed by atoms with Crippen molar-refractivity contribution < 1.29 is 4.57 Å². The number of imidazole rings is 1. The molecule has 0 saturated carbocycles. The second-order valence-electron chi connectivity index (χ2n) is 5.70. The Morgan fingerprint density at radius 3 is 2.50 bits per heavy atom. The summed E-state index contributed by atoms with van der Waals surface area (Å²) < 4.78 is 4.75. The molecule has 0 saturated heterocycles. The minimum absolute atomic E-state index is 1.05. The van der Waals surface area contributed by atoms with Crippen LogP contribution in [0.15, 0.2) is 55.1 Å². The number of fused-ring (bicyclic) bond motifs is 1. The normalized spacial score (nSPS) is 11.0. The Hall–Kier alpha value is -2.35. The van der Waals surface area contributed by atoms with Crippen LogP contribution in [0.4, 0.5) is 0 Å². The lowest BCUT2D eigenvalue weighted by Gasteiger charge is -2.04. The number of aryl methyl sites for hydroxylation is 2. The third-order valence-corrected chi connectivity index (χ3v) is 4.25. The average Bonchev–Trinajstić information content (AvgIpc) is 2.86. The summed E-state index contributed by atoms with van der Waals surface area (Å²) in [5, 5.41) is 0. The number of para-hydroxylation sites is 2. The van der Waals surface area contributed by atoms with Crippen molar-refractivity contribution in [1.29, 1.82) is 0 Å². The molecule has 0 spiro atoms. The molecule has 1 aromatic heterocycles. The molecule has 2 aromatic carbocycles. The van der Waals surface area contributed by atoms with Crippen LogP contribution in [0.1, 0.15) is 25.3 Å². The largest absolute Gasteiger partial charge is 0.289 e. The molecule has 112 valence electrons. The first-order valence-electron chi connectivity index (χ1n) is 7.96. The summed E-state index contributed by atoms with van der Waals surface area (Å²) in [5.41, 5.74) is 4.99. The van der Waals surface area contributed by atoms with Crippen molar-refractivity contribution in [2.75, 3.05) is 0 Å². The molecule has 2 nitrogen and oxygen atoms in total. The van der Waals surface area contributed by atoms with Gasteiger partial charge in [0, 0.05) is 0 Å². The van der Waals surface area contributed by atoms with Crippen molar-refractivity contribution in [2.24, 2.45) is 7.05 Å². The molecule has 0 bridgehead atoms. The first kappa shape index (κ1) is 14.6. The second kappa shape index (κ2) is 6.18. The van der Waals surface area contributed by atoms with Gasteiger partial charge in [0.05, 0.1) is 19.2 Å². The lowest BCUT2D eigenvalue weighted by molar-refractivity contribution is -0.634. The number of hydrogen-bond acceptors (Lipinski definition) is 0. The maximum atomic E-state index is 3.83. The van der Waals surface area contributed by atoms with Gasteiger partial charge in [-0.1, -0.05) is 50.3 Å². The summed E-state index contributed by atoms with van der Waals surface area (Å²) in [6, 6.07) is 17.3. The molecule has 0 aliphatic heterocycles. The molecular formula is C20H23N2+. The van der Waals surface area contributed by atoms with Crippen molar-refractivity contribution in [1.82, 2.24) is 4.57 Å². The summed E-state index contributed by atoms with van der Waals surface area (Å²) in [7, 11) is 2.15. The van der Waals surface area contributed by atoms with Crippen molar-refractivity contribution in [2.45, 2.75) is 26.3 Å². The van der Waals surface area contributed by atoms with E-state index in [1.807, 2.05) is 6.08 Å². The Morgan fingerprint density at radius 1 is 1.09 bits per heavy atom. The van der Waals surface area contributed by atoms with E-state index in [0.29, 0.717) is 0 Å². The zero-order valence-corrected chi connectivity index (χ0v) is 13.4. The molecule has 0 aliphatic carbocycles. The Morgan fingerprint density at radius 2 is 1.82 bits per heavy atom. The van der Waals surface area contributed by atoms with Crippen molar-refractivity contribution >= 4 is 17.1 Å². The highest BCUT2D eigenvalue weighted by molar-refractivity contribution is 5.76. The molecule has 3 aromatic rings. The fourth-order valence-corrected chi connectivity index (χ4v) is 3.05. The molecule has 0 N–H and O–H groups in total. The van der Waals surface area contributed by atoms with Crippen molar-refractivity contribution in [3.05, 3.63) is 60.7 Å². The van der Waals surface area contributed by atoms with E-state index in [9.17, 15) is 0 Å². The maximum Gasteiger partial charge on any atom is 0.289 e. The number of benzene rings is 2. The molecule has 1 heterocycles. The quantitative estimate of drug-likeness (QED) is 0.609. The van der Waals surface area contributed by atoms with Gasteiger partial charge in [0.1, 0.15) is 0 Å².